The van der Waals surface area contributed by atoms with Crippen LogP contribution >= 0.6 is 0 Å². The van der Waals surface area contributed by atoms with Crippen LogP contribution in [0, 0.1) is 0 Å². The summed E-state index contributed by atoms with van der Waals surface area (Å²) in [6.07, 6.45) is 3.08. The molecule has 1 aromatic carbocycles. The third kappa shape index (κ3) is 3.42. The average Bonchev–Trinajstić information content (AvgIpc) is 3.35. The highest BCUT2D eigenvalue weighted by atomic mass is 16.7. The topological polar surface area (TPSA) is 77.1 Å². The van der Waals surface area contributed by atoms with Crippen molar-refractivity contribution >= 4 is 11.8 Å². The molecule has 25 heavy (non-hydrogen) atoms. The Balaban J connectivity index is 1.40. The summed E-state index contributed by atoms with van der Waals surface area (Å²) in [5.41, 5.74) is 0.927. The second-order valence-electron chi connectivity index (χ2n) is 6.64. The van der Waals surface area contributed by atoms with Gasteiger partial charge in [0.25, 0.3) is 0 Å². The Morgan fingerprint density at radius 2 is 2.12 bits per heavy atom. The van der Waals surface area contributed by atoms with Crippen molar-refractivity contribution in [2.75, 3.05) is 19.9 Å². The number of hydrogen-bond donors (Lipinski definition) is 1. The summed E-state index contributed by atoms with van der Waals surface area (Å²) >= 11 is 0. The molecule has 0 radical (unpaired) electrons. The minimum atomic E-state index is -0.417. The number of fused-ring (bicyclic) bond motifs is 1. The van der Waals surface area contributed by atoms with E-state index >= 15 is 0 Å². The summed E-state index contributed by atoms with van der Waals surface area (Å²) in [6, 6.07) is 5.19. The Labute approximate surface area is 146 Å². The maximum atomic E-state index is 12.5. The molecule has 7 nitrogen and oxygen atoms in total. The van der Waals surface area contributed by atoms with Gasteiger partial charge in [-0.05, 0) is 37.0 Å². The predicted molar refractivity (Wildman–Crippen MR) is 88.1 cm³/mol. The molecule has 7 heteroatoms. The maximum Gasteiger partial charge on any atom is 0.242 e. The normalized spacial score (nSPS) is 24.8. The molecule has 134 valence electrons. The summed E-state index contributed by atoms with van der Waals surface area (Å²) in [5.74, 6) is 1.31. The van der Waals surface area contributed by atoms with Gasteiger partial charge in [0.1, 0.15) is 6.04 Å². The van der Waals surface area contributed by atoms with Crippen LogP contribution in [0.3, 0.4) is 0 Å². The van der Waals surface area contributed by atoms with Crippen LogP contribution in [0.1, 0.15) is 31.2 Å². The molecule has 2 saturated heterocycles. The number of nitrogens with one attached hydrogen (secondary N) is 1. The zero-order valence-corrected chi connectivity index (χ0v) is 14.0. The maximum absolute atomic E-state index is 12.5. The number of carbonyl (C=O) groups is 2. The lowest BCUT2D eigenvalue weighted by molar-refractivity contribution is -0.136. The van der Waals surface area contributed by atoms with Crippen LogP contribution in [-0.4, -0.2) is 48.8 Å². The molecule has 0 unspecified atom stereocenters. The predicted octanol–water partition coefficient (Wildman–Crippen LogP) is 1.20. The van der Waals surface area contributed by atoms with Crippen LogP contribution < -0.4 is 14.8 Å². The number of hydrogen-bond acceptors (Lipinski definition) is 5. The van der Waals surface area contributed by atoms with E-state index in [0.29, 0.717) is 37.4 Å². The van der Waals surface area contributed by atoms with Crippen LogP contribution in [0.15, 0.2) is 18.2 Å². The lowest BCUT2D eigenvalue weighted by Crippen LogP contribution is -2.46. The molecule has 2 atom stereocenters. The van der Waals surface area contributed by atoms with Crippen molar-refractivity contribution in [3.05, 3.63) is 23.8 Å². The van der Waals surface area contributed by atoms with E-state index in [0.717, 1.165) is 25.0 Å². The fourth-order valence-electron chi connectivity index (χ4n) is 3.58. The van der Waals surface area contributed by atoms with Gasteiger partial charge in [-0.1, -0.05) is 6.07 Å². The molecule has 2 fully saturated rings. The van der Waals surface area contributed by atoms with E-state index in [1.807, 2.05) is 18.2 Å². The lowest BCUT2D eigenvalue weighted by atomic mass is 10.1. The van der Waals surface area contributed by atoms with E-state index in [-0.39, 0.29) is 24.7 Å². The number of likely N-dealkylation sites (tertiary alicyclic amines) is 1. The summed E-state index contributed by atoms with van der Waals surface area (Å²) in [6.45, 7) is 1.89. The highest BCUT2D eigenvalue weighted by molar-refractivity contribution is 5.90. The summed E-state index contributed by atoms with van der Waals surface area (Å²) in [5, 5.41) is 2.94. The molecule has 0 aromatic heterocycles. The van der Waals surface area contributed by atoms with E-state index in [4.69, 9.17) is 14.2 Å². The van der Waals surface area contributed by atoms with E-state index in [1.165, 1.54) is 0 Å². The molecule has 4 rings (SSSR count). The monoisotopic (exact) mass is 346 g/mol. The highest BCUT2D eigenvalue weighted by Crippen LogP contribution is 2.33. The van der Waals surface area contributed by atoms with E-state index < -0.39 is 6.04 Å². The van der Waals surface area contributed by atoms with Gasteiger partial charge in [-0.15, -0.1) is 0 Å². The van der Waals surface area contributed by atoms with Crippen molar-refractivity contribution < 1.29 is 23.8 Å². The highest BCUT2D eigenvalue weighted by Gasteiger charge is 2.36. The quantitative estimate of drug-likeness (QED) is 0.867. The van der Waals surface area contributed by atoms with Crippen LogP contribution in [0.4, 0.5) is 0 Å². The largest absolute Gasteiger partial charge is 0.454 e. The van der Waals surface area contributed by atoms with Gasteiger partial charge in [0.15, 0.2) is 11.5 Å². The number of nitrogens with zero attached hydrogens (tertiary/aromatic N) is 1. The number of benzene rings is 1. The molecule has 3 heterocycles. The molecule has 0 bridgehead atoms. The van der Waals surface area contributed by atoms with Crippen LogP contribution in [-0.2, 0) is 20.9 Å². The SMILES string of the molecule is O=C(NC[C@@H]1CCCO1)[C@H]1CCC(=O)N1Cc1ccc2c(c1)OCO2. The van der Waals surface area contributed by atoms with Gasteiger partial charge in [-0.3, -0.25) is 9.59 Å². The molecule has 3 aliphatic heterocycles. The number of ether oxygens (including phenoxy) is 3. The van der Waals surface area contributed by atoms with Gasteiger partial charge in [-0.25, -0.2) is 0 Å². The van der Waals surface area contributed by atoms with Crippen molar-refractivity contribution in [2.45, 2.75) is 44.4 Å². The lowest BCUT2D eigenvalue weighted by Gasteiger charge is -2.24. The number of amides is 2. The second kappa shape index (κ2) is 6.92. The van der Waals surface area contributed by atoms with Crippen molar-refractivity contribution in [2.24, 2.45) is 0 Å². The molecule has 0 spiro atoms. The van der Waals surface area contributed by atoms with Crippen LogP contribution in [0.5, 0.6) is 11.5 Å². The van der Waals surface area contributed by atoms with Gasteiger partial charge in [0, 0.05) is 26.1 Å². The van der Waals surface area contributed by atoms with Gasteiger partial charge >= 0.3 is 0 Å². The molecule has 0 saturated carbocycles. The second-order valence-corrected chi connectivity index (χ2v) is 6.64. The Kier molecular flexibility index (Phi) is 4.48. The number of carbonyl (C=O) groups excluding carboxylic acids is 2. The molecule has 1 N–H and O–H groups in total. The number of rotatable bonds is 5. The Morgan fingerprint density at radius 3 is 2.96 bits per heavy atom. The Hall–Kier alpha value is -2.28. The summed E-state index contributed by atoms with van der Waals surface area (Å²) in [4.78, 5) is 26.4. The standard InChI is InChI=1S/C18H22N2O5/c21-17-6-4-14(18(22)19-9-13-2-1-7-23-13)20(17)10-12-3-5-15-16(8-12)25-11-24-15/h3,5,8,13-14H,1-2,4,6-7,9-11H2,(H,19,22)/t13-,14+/m0/s1. The van der Waals surface area contributed by atoms with Crippen molar-refractivity contribution in [1.29, 1.82) is 0 Å². The van der Waals surface area contributed by atoms with Gasteiger partial charge in [-0.2, -0.15) is 0 Å². The molecule has 3 aliphatic rings. The summed E-state index contributed by atoms with van der Waals surface area (Å²) in [7, 11) is 0. The first-order valence-corrected chi connectivity index (χ1v) is 8.78. The minimum Gasteiger partial charge on any atom is -0.454 e. The third-order valence-corrected chi connectivity index (χ3v) is 4.95. The van der Waals surface area contributed by atoms with Gasteiger partial charge < -0.3 is 24.4 Å². The van der Waals surface area contributed by atoms with Crippen LogP contribution in [0.25, 0.3) is 0 Å². The van der Waals surface area contributed by atoms with Gasteiger partial charge in [0.2, 0.25) is 18.6 Å². The van der Waals surface area contributed by atoms with Crippen molar-refractivity contribution in [1.82, 2.24) is 10.2 Å². The van der Waals surface area contributed by atoms with Crippen LogP contribution in [0.2, 0.25) is 0 Å². The Morgan fingerprint density at radius 1 is 1.24 bits per heavy atom. The first kappa shape index (κ1) is 16.2. The van der Waals surface area contributed by atoms with Gasteiger partial charge in [0.05, 0.1) is 6.10 Å². The molecular weight excluding hydrogens is 324 g/mol. The molecular formula is C18H22N2O5. The minimum absolute atomic E-state index is 0.00920. The first-order chi connectivity index (χ1) is 12.2. The molecule has 0 aliphatic carbocycles. The van der Waals surface area contributed by atoms with E-state index in [2.05, 4.69) is 5.32 Å². The zero-order chi connectivity index (χ0) is 17.2. The first-order valence-electron chi connectivity index (χ1n) is 8.78. The molecule has 2 amide bonds. The van der Waals surface area contributed by atoms with Crippen molar-refractivity contribution in [3.63, 3.8) is 0 Å². The fourth-order valence-corrected chi connectivity index (χ4v) is 3.58. The third-order valence-electron chi connectivity index (χ3n) is 4.95. The average molecular weight is 346 g/mol. The van der Waals surface area contributed by atoms with E-state index in [9.17, 15) is 9.59 Å². The van der Waals surface area contributed by atoms with E-state index in [1.54, 1.807) is 4.90 Å². The zero-order valence-electron chi connectivity index (χ0n) is 14.0. The Bertz CT molecular complexity index is 671. The molecule has 1 aromatic rings. The smallest absolute Gasteiger partial charge is 0.242 e. The fraction of sp³-hybridized carbons (Fsp3) is 0.556. The van der Waals surface area contributed by atoms with Crippen molar-refractivity contribution in [3.8, 4) is 11.5 Å². The summed E-state index contributed by atoms with van der Waals surface area (Å²) < 4.78 is 16.2.